The molecule has 24 heavy (non-hydrogen) atoms. The van der Waals surface area contributed by atoms with Crippen molar-refractivity contribution in [1.82, 2.24) is 10.5 Å². The van der Waals surface area contributed by atoms with Crippen molar-refractivity contribution in [2.75, 3.05) is 0 Å². The van der Waals surface area contributed by atoms with E-state index in [9.17, 15) is 9.18 Å². The first-order chi connectivity index (χ1) is 11.6. The van der Waals surface area contributed by atoms with E-state index in [0.29, 0.717) is 25.1 Å². The van der Waals surface area contributed by atoms with Crippen LogP contribution in [0, 0.1) is 12.7 Å². The van der Waals surface area contributed by atoms with Crippen molar-refractivity contribution < 1.29 is 18.1 Å². The number of aryl methyl sites for hydroxylation is 2. The van der Waals surface area contributed by atoms with Gasteiger partial charge in [-0.3, -0.25) is 4.79 Å². The molecule has 0 bridgehead atoms. The normalized spacial score (nSPS) is 10.8. The molecule has 0 aliphatic heterocycles. The molecule has 0 unspecified atom stereocenters. The van der Waals surface area contributed by atoms with Crippen LogP contribution in [-0.2, 0) is 17.8 Å². The Morgan fingerprint density at radius 2 is 2.00 bits per heavy atom. The van der Waals surface area contributed by atoms with Gasteiger partial charge in [-0.15, -0.1) is 0 Å². The minimum Gasteiger partial charge on any atom is -0.465 e. The van der Waals surface area contributed by atoms with Crippen molar-refractivity contribution in [2.45, 2.75) is 26.3 Å². The average Bonchev–Trinajstić information content (AvgIpc) is 3.20. The zero-order valence-electron chi connectivity index (χ0n) is 13.2. The van der Waals surface area contributed by atoms with E-state index in [4.69, 9.17) is 8.94 Å². The van der Waals surface area contributed by atoms with Gasteiger partial charge in [-0.25, -0.2) is 4.39 Å². The molecular weight excluding hydrogens is 311 g/mol. The van der Waals surface area contributed by atoms with E-state index in [2.05, 4.69) is 10.5 Å². The maximum absolute atomic E-state index is 13.0. The third kappa shape index (κ3) is 3.90. The third-order valence-electron chi connectivity index (χ3n) is 3.64. The largest absolute Gasteiger partial charge is 0.465 e. The zero-order chi connectivity index (χ0) is 16.9. The van der Waals surface area contributed by atoms with Gasteiger partial charge in [0.25, 0.3) is 0 Å². The van der Waals surface area contributed by atoms with E-state index in [1.54, 1.807) is 12.1 Å². The van der Waals surface area contributed by atoms with Crippen molar-refractivity contribution in [3.63, 3.8) is 0 Å². The van der Waals surface area contributed by atoms with E-state index in [1.165, 1.54) is 18.4 Å². The van der Waals surface area contributed by atoms with Crippen molar-refractivity contribution >= 4 is 5.91 Å². The van der Waals surface area contributed by atoms with Gasteiger partial charge >= 0.3 is 0 Å². The lowest BCUT2D eigenvalue weighted by atomic mass is 10.0. The number of furan rings is 1. The average molecular weight is 328 g/mol. The molecule has 0 aliphatic carbocycles. The lowest BCUT2D eigenvalue weighted by Gasteiger charge is -2.04. The summed E-state index contributed by atoms with van der Waals surface area (Å²) in [5, 5.41) is 6.75. The highest BCUT2D eigenvalue weighted by Gasteiger charge is 2.12. The molecule has 2 aromatic heterocycles. The molecule has 0 fully saturated rings. The number of hydrogen-bond acceptors (Lipinski definition) is 4. The van der Waals surface area contributed by atoms with E-state index >= 15 is 0 Å². The molecule has 1 N–H and O–H groups in total. The molecule has 0 atom stereocenters. The summed E-state index contributed by atoms with van der Waals surface area (Å²) in [6.45, 7) is 2.22. The van der Waals surface area contributed by atoms with Crippen molar-refractivity contribution in [3.8, 4) is 11.3 Å². The first kappa shape index (κ1) is 16.0. The van der Waals surface area contributed by atoms with Crippen LogP contribution in [0.2, 0.25) is 0 Å². The van der Waals surface area contributed by atoms with Crippen molar-refractivity contribution in [3.05, 3.63) is 65.6 Å². The number of aromatic nitrogens is 1. The quantitative estimate of drug-likeness (QED) is 0.750. The van der Waals surface area contributed by atoms with Gasteiger partial charge in [-0.1, -0.05) is 5.16 Å². The third-order valence-corrected chi connectivity index (χ3v) is 3.64. The summed E-state index contributed by atoms with van der Waals surface area (Å²) >= 11 is 0. The number of rotatable bonds is 6. The second kappa shape index (κ2) is 7.12. The molecule has 0 saturated carbocycles. The van der Waals surface area contributed by atoms with Crippen LogP contribution in [0.25, 0.3) is 11.3 Å². The first-order valence-electron chi connectivity index (χ1n) is 7.63. The molecule has 0 radical (unpaired) electrons. The lowest BCUT2D eigenvalue weighted by molar-refractivity contribution is -0.121. The fourth-order valence-corrected chi connectivity index (χ4v) is 2.38. The predicted octanol–water partition coefficient (Wildman–Crippen LogP) is 3.63. The molecule has 0 spiro atoms. The van der Waals surface area contributed by atoms with E-state index in [-0.39, 0.29) is 11.7 Å². The summed E-state index contributed by atoms with van der Waals surface area (Å²) in [6, 6.07) is 9.69. The molecule has 3 rings (SSSR count). The fraction of sp³-hybridized carbons (Fsp3) is 0.222. The van der Waals surface area contributed by atoms with Crippen molar-refractivity contribution in [1.29, 1.82) is 0 Å². The summed E-state index contributed by atoms with van der Waals surface area (Å²) < 4.78 is 23.4. The van der Waals surface area contributed by atoms with Gasteiger partial charge in [-0.2, -0.15) is 0 Å². The number of benzene rings is 1. The minimum atomic E-state index is -0.309. The van der Waals surface area contributed by atoms with Crippen LogP contribution < -0.4 is 5.32 Å². The van der Waals surface area contributed by atoms with Gasteiger partial charge in [0.1, 0.15) is 29.3 Å². The predicted molar refractivity (Wildman–Crippen MR) is 85.5 cm³/mol. The minimum absolute atomic E-state index is 0.0877. The van der Waals surface area contributed by atoms with Crippen LogP contribution in [0.15, 0.2) is 51.6 Å². The Labute approximate surface area is 138 Å². The molecule has 0 aliphatic rings. The molecular formula is C18H17FN2O3. The standard InChI is InChI=1S/C18H17FN2O3/c1-12-2-8-16(24-12)10-20-17(22)9-5-14-11-23-21-18(14)13-3-6-15(19)7-4-13/h2-4,6-8,11H,5,9-10H2,1H3,(H,20,22). The van der Waals surface area contributed by atoms with Gasteiger partial charge in [0.05, 0.1) is 6.54 Å². The Hall–Kier alpha value is -2.89. The van der Waals surface area contributed by atoms with E-state index in [0.717, 1.165) is 22.6 Å². The highest BCUT2D eigenvalue weighted by molar-refractivity contribution is 5.76. The second-order valence-corrected chi connectivity index (χ2v) is 5.48. The Kier molecular flexibility index (Phi) is 4.74. The van der Waals surface area contributed by atoms with Crippen LogP contribution in [0.3, 0.4) is 0 Å². The Morgan fingerprint density at radius 3 is 2.71 bits per heavy atom. The molecule has 1 amide bonds. The molecule has 2 heterocycles. The summed E-state index contributed by atoms with van der Waals surface area (Å²) in [6.07, 6.45) is 2.30. The number of nitrogens with zero attached hydrogens (tertiary/aromatic N) is 1. The highest BCUT2D eigenvalue weighted by Crippen LogP contribution is 2.23. The van der Waals surface area contributed by atoms with Crippen LogP contribution in [0.4, 0.5) is 4.39 Å². The number of carbonyl (C=O) groups excluding carboxylic acids is 1. The van der Waals surface area contributed by atoms with Crippen LogP contribution in [-0.4, -0.2) is 11.1 Å². The van der Waals surface area contributed by atoms with Gasteiger partial charge in [0.2, 0.25) is 5.91 Å². The lowest BCUT2D eigenvalue weighted by Crippen LogP contribution is -2.22. The molecule has 5 nitrogen and oxygen atoms in total. The smallest absolute Gasteiger partial charge is 0.220 e. The van der Waals surface area contributed by atoms with Gasteiger partial charge < -0.3 is 14.3 Å². The topological polar surface area (TPSA) is 68.3 Å². The van der Waals surface area contributed by atoms with Gasteiger partial charge in [0, 0.05) is 17.5 Å². The molecule has 3 aromatic rings. The summed E-state index contributed by atoms with van der Waals surface area (Å²) in [5.74, 6) is 1.14. The SMILES string of the molecule is Cc1ccc(CNC(=O)CCc2conc2-c2ccc(F)cc2)o1. The monoisotopic (exact) mass is 328 g/mol. The summed E-state index contributed by atoms with van der Waals surface area (Å²) in [4.78, 5) is 12.0. The number of nitrogens with one attached hydrogen (secondary N) is 1. The van der Waals surface area contributed by atoms with Crippen LogP contribution in [0.1, 0.15) is 23.5 Å². The molecule has 124 valence electrons. The number of hydrogen-bond donors (Lipinski definition) is 1. The van der Waals surface area contributed by atoms with Gasteiger partial charge in [-0.05, 0) is 49.7 Å². The molecule has 0 saturated heterocycles. The Morgan fingerprint density at radius 1 is 1.21 bits per heavy atom. The highest BCUT2D eigenvalue weighted by atomic mass is 19.1. The van der Waals surface area contributed by atoms with E-state index < -0.39 is 0 Å². The van der Waals surface area contributed by atoms with Crippen LogP contribution in [0.5, 0.6) is 0 Å². The molecule has 1 aromatic carbocycles. The summed E-state index contributed by atoms with van der Waals surface area (Å²) in [5.41, 5.74) is 2.20. The van der Waals surface area contributed by atoms with Gasteiger partial charge in [0.15, 0.2) is 0 Å². The Bertz CT molecular complexity index is 821. The fourth-order valence-electron chi connectivity index (χ4n) is 2.38. The number of amides is 1. The number of carbonyl (C=O) groups is 1. The molecule has 6 heteroatoms. The van der Waals surface area contributed by atoms with Crippen LogP contribution >= 0.6 is 0 Å². The summed E-state index contributed by atoms with van der Waals surface area (Å²) in [7, 11) is 0. The zero-order valence-corrected chi connectivity index (χ0v) is 13.2. The number of halogens is 1. The Balaban J connectivity index is 1.56. The maximum atomic E-state index is 13.0. The van der Waals surface area contributed by atoms with Crippen molar-refractivity contribution in [2.24, 2.45) is 0 Å². The second-order valence-electron chi connectivity index (χ2n) is 5.48. The van der Waals surface area contributed by atoms with E-state index in [1.807, 2.05) is 19.1 Å². The maximum Gasteiger partial charge on any atom is 0.220 e. The first-order valence-corrected chi connectivity index (χ1v) is 7.63.